The summed E-state index contributed by atoms with van der Waals surface area (Å²) in [7, 11) is 0. The number of nitrogens with zero attached hydrogens (tertiary/aromatic N) is 1. The summed E-state index contributed by atoms with van der Waals surface area (Å²) in [5.74, 6) is 1.34. The fourth-order valence-electron chi connectivity index (χ4n) is 1.58. The average molecular weight is 298 g/mol. The predicted octanol–water partition coefficient (Wildman–Crippen LogP) is 2.82. The Kier molecular flexibility index (Phi) is 3.81. The molecule has 0 atom stereocenters. The molecule has 17 heavy (non-hydrogen) atoms. The topological polar surface area (TPSA) is 55.5 Å². The largest absolute Gasteiger partial charge is 0.485 e. The van der Waals surface area contributed by atoms with Gasteiger partial charge in [-0.15, -0.1) is 0 Å². The van der Waals surface area contributed by atoms with Gasteiger partial charge in [0.05, 0.1) is 12.8 Å². The molecule has 90 valence electrons. The number of aliphatic hydroxyl groups is 1. The van der Waals surface area contributed by atoms with Crippen molar-refractivity contribution in [2.75, 3.05) is 0 Å². The Morgan fingerprint density at radius 1 is 1.47 bits per heavy atom. The molecule has 0 saturated heterocycles. The molecule has 0 amide bonds. The Morgan fingerprint density at radius 3 is 2.94 bits per heavy atom. The minimum atomic E-state index is -0.0635. The minimum absolute atomic E-state index is 0.0635. The number of aliphatic hydroxyl groups excluding tert-OH is 1. The van der Waals surface area contributed by atoms with E-state index in [1.807, 2.05) is 19.1 Å². The van der Waals surface area contributed by atoms with E-state index in [-0.39, 0.29) is 6.61 Å². The van der Waals surface area contributed by atoms with Crippen LogP contribution in [0.4, 0.5) is 0 Å². The van der Waals surface area contributed by atoms with Crippen molar-refractivity contribution in [1.29, 1.82) is 0 Å². The molecule has 0 aliphatic heterocycles. The first-order valence-corrected chi connectivity index (χ1v) is 5.92. The molecule has 2 aromatic rings. The van der Waals surface area contributed by atoms with Crippen LogP contribution in [0.2, 0.25) is 0 Å². The highest BCUT2D eigenvalue weighted by Gasteiger charge is 2.09. The molecule has 0 spiro atoms. The number of aromatic nitrogens is 1. The number of hydrogen-bond donors (Lipinski definition) is 1. The summed E-state index contributed by atoms with van der Waals surface area (Å²) in [5.41, 5.74) is 1.71. The highest BCUT2D eigenvalue weighted by molar-refractivity contribution is 9.10. The molecule has 5 heteroatoms. The van der Waals surface area contributed by atoms with Gasteiger partial charge in [-0.25, -0.2) is 0 Å². The van der Waals surface area contributed by atoms with Crippen LogP contribution >= 0.6 is 15.9 Å². The highest BCUT2D eigenvalue weighted by Crippen LogP contribution is 2.28. The van der Waals surface area contributed by atoms with Crippen LogP contribution in [0.1, 0.15) is 16.9 Å². The van der Waals surface area contributed by atoms with Gasteiger partial charge >= 0.3 is 0 Å². The molecular weight excluding hydrogens is 286 g/mol. The fourth-order valence-corrected chi connectivity index (χ4v) is 2.20. The third-order valence-corrected chi connectivity index (χ3v) is 2.79. The molecule has 1 aromatic heterocycles. The molecular formula is C12H12BrNO3. The second-order valence-corrected chi connectivity index (χ2v) is 4.55. The second-order valence-electron chi connectivity index (χ2n) is 3.64. The van der Waals surface area contributed by atoms with E-state index < -0.39 is 0 Å². The Morgan fingerprint density at radius 2 is 2.29 bits per heavy atom. The lowest BCUT2D eigenvalue weighted by Crippen LogP contribution is -2.00. The zero-order valence-electron chi connectivity index (χ0n) is 9.31. The maximum absolute atomic E-state index is 9.29. The van der Waals surface area contributed by atoms with Gasteiger partial charge in [0.1, 0.15) is 12.4 Å². The molecule has 0 unspecified atom stereocenters. The quantitative estimate of drug-likeness (QED) is 0.943. The predicted molar refractivity (Wildman–Crippen MR) is 65.6 cm³/mol. The lowest BCUT2D eigenvalue weighted by Gasteiger charge is -2.12. The maximum Gasteiger partial charge on any atom is 0.174 e. The molecule has 1 N–H and O–H groups in total. The lowest BCUT2D eigenvalue weighted by atomic mass is 10.1. The molecule has 0 radical (unpaired) electrons. The Bertz CT molecular complexity index is 497. The van der Waals surface area contributed by atoms with Gasteiger partial charge in [-0.3, -0.25) is 0 Å². The lowest BCUT2D eigenvalue weighted by molar-refractivity contribution is 0.232. The zero-order valence-corrected chi connectivity index (χ0v) is 10.9. The first-order valence-electron chi connectivity index (χ1n) is 5.13. The Hall–Kier alpha value is -1.33. The van der Waals surface area contributed by atoms with E-state index in [2.05, 4.69) is 21.1 Å². The van der Waals surface area contributed by atoms with Crippen LogP contribution in [0.5, 0.6) is 5.75 Å². The molecule has 0 saturated carbocycles. The first-order chi connectivity index (χ1) is 8.20. The van der Waals surface area contributed by atoms with E-state index in [1.54, 1.807) is 12.3 Å². The average Bonchev–Trinajstić information content (AvgIpc) is 2.79. The van der Waals surface area contributed by atoms with Crippen LogP contribution in [-0.2, 0) is 13.2 Å². The zero-order chi connectivity index (χ0) is 12.3. The summed E-state index contributed by atoms with van der Waals surface area (Å²) < 4.78 is 11.5. The van der Waals surface area contributed by atoms with E-state index in [0.717, 1.165) is 15.6 Å². The highest BCUT2D eigenvalue weighted by atomic mass is 79.9. The SMILES string of the molecule is Cc1cc(Br)cc(CO)c1OCc1ccno1. The minimum Gasteiger partial charge on any atom is -0.485 e. The summed E-state index contributed by atoms with van der Waals surface area (Å²) in [5, 5.41) is 12.9. The third-order valence-electron chi connectivity index (χ3n) is 2.34. The third kappa shape index (κ3) is 2.87. The summed E-state index contributed by atoms with van der Waals surface area (Å²) in [6.07, 6.45) is 1.57. The number of benzene rings is 1. The normalized spacial score (nSPS) is 10.5. The summed E-state index contributed by atoms with van der Waals surface area (Å²) >= 11 is 3.38. The Balaban J connectivity index is 2.19. The van der Waals surface area contributed by atoms with Crippen molar-refractivity contribution in [2.45, 2.75) is 20.1 Å². The standard InChI is InChI=1S/C12H12BrNO3/c1-8-4-10(13)5-9(6-15)12(8)16-7-11-2-3-14-17-11/h2-5,15H,6-7H2,1H3. The van der Waals surface area contributed by atoms with Gasteiger partial charge in [-0.05, 0) is 24.6 Å². The van der Waals surface area contributed by atoms with Gasteiger partial charge in [0, 0.05) is 16.1 Å². The molecule has 0 fully saturated rings. The van der Waals surface area contributed by atoms with E-state index >= 15 is 0 Å². The van der Waals surface area contributed by atoms with Crippen molar-refractivity contribution in [1.82, 2.24) is 5.16 Å². The molecule has 4 nitrogen and oxygen atoms in total. The fraction of sp³-hybridized carbons (Fsp3) is 0.250. The van der Waals surface area contributed by atoms with E-state index in [9.17, 15) is 5.11 Å². The summed E-state index contributed by atoms with van der Waals surface area (Å²) in [6.45, 7) is 2.17. The van der Waals surface area contributed by atoms with Crippen LogP contribution in [-0.4, -0.2) is 10.3 Å². The van der Waals surface area contributed by atoms with Crippen LogP contribution < -0.4 is 4.74 Å². The number of rotatable bonds is 4. The maximum atomic E-state index is 9.29. The number of aryl methyl sites for hydroxylation is 1. The van der Waals surface area contributed by atoms with Crippen molar-refractivity contribution >= 4 is 15.9 Å². The van der Waals surface area contributed by atoms with Crippen molar-refractivity contribution in [2.24, 2.45) is 0 Å². The summed E-state index contributed by atoms with van der Waals surface area (Å²) in [6, 6.07) is 5.52. The van der Waals surface area contributed by atoms with Gasteiger partial charge in [-0.1, -0.05) is 21.1 Å². The van der Waals surface area contributed by atoms with Gasteiger partial charge in [0.15, 0.2) is 5.76 Å². The second kappa shape index (κ2) is 5.33. The molecule has 1 aromatic carbocycles. The van der Waals surface area contributed by atoms with Gasteiger partial charge in [0.25, 0.3) is 0 Å². The number of halogens is 1. The van der Waals surface area contributed by atoms with Gasteiger partial charge in [-0.2, -0.15) is 0 Å². The van der Waals surface area contributed by atoms with Crippen LogP contribution in [0.3, 0.4) is 0 Å². The first kappa shape index (κ1) is 12.1. The van der Waals surface area contributed by atoms with Crippen molar-refractivity contribution in [3.63, 3.8) is 0 Å². The molecule has 2 rings (SSSR count). The van der Waals surface area contributed by atoms with E-state index in [0.29, 0.717) is 18.1 Å². The van der Waals surface area contributed by atoms with Crippen LogP contribution in [0.15, 0.2) is 33.4 Å². The van der Waals surface area contributed by atoms with E-state index in [4.69, 9.17) is 9.26 Å². The van der Waals surface area contributed by atoms with Crippen molar-refractivity contribution in [3.05, 3.63) is 45.8 Å². The number of ether oxygens (including phenoxy) is 1. The molecule has 0 bridgehead atoms. The monoisotopic (exact) mass is 297 g/mol. The van der Waals surface area contributed by atoms with Crippen molar-refractivity contribution in [3.8, 4) is 5.75 Å². The van der Waals surface area contributed by atoms with Gasteiger partial charge in [0.2, 0.25) is 0 Å². The molecule has 1 heterocycles. The van der Waals surface area contributed by atoms with E-state index in [1.165, 1.54) is 0 Å². The smallest absolute Gasteiger partial charge is 0.174 e. The Labute approximate surface area is 107 Å². The number of hydrogen-bond acceptors (Lipinski definition) is 4. The van der Waals surface area contributed by atoms with Crippen molar-refractivity contribution < 1.29 is 14.4 Å². The molecule has 0 aliphatic rings. The van der Waals surface area contributed by atoms with Crippen LogP contribution in [0, 0.1) is 6.92 Å². The molecule has 0 aliphatic carbocycles. The summed E-state index contributed by atoms with van der Waals surface area (Å²) in [4.78, 5) is 0. The van der Waals surface area contributed by atoms with Gasteiger partial charge < -0.3 is 14.4 Å². The van der Waals surface area contributed by atoms with Crippen LogP contribution in [0.25, 0.3) is 0 Å².